The summed E-state index contributed by atoms with van der Waals surface area (Å²) in [6.45, 7) is 2.01. The highest BCUT2D eigenvalue weighted by Crippen LogP contribution is 2.34. The Labute approximate surface area is 204 Å². The normalized spacial score (nSPS) is 18.8. The molecule has 0 unspecified atom stereocenters. The zero-order chi connectivity index (χ0) is 24.7. The van der Waals surface area contributed by atoms with Crippen LogP contribution in [-0.4, -0.2) is 65.2 Å². The number of fused-ring (bicyclic) bond motifs is 1. The Morgan fingerprint density at radius 1 is 1.03 bits per heavy atom. The van der Waals surface area contributed by atoms with E-state index in [1.165, 1.54) is 32.1 Å². The highest BCUT2D eigenvalue weighted by Gasteiger charge is 2.36. The molecule has 5 rings (SSSR count). The molecule has 10 heteroatoms. The van der Waals surface area contributed by atoms with Gasteiger partial charge < -0.3 is 20.2 Å². The molecule has 2 fully saturated rings. The number of hydrogen-bond acceptors (Lipinski definition) is 4. The minimum atomic E-state index is -3.74. The second-order valence-corrected chi connectivity index (χ2v) is 11.5. The van der Waals surface area contributed by atoms with Gasteiger partial charge >= 0.3 is 0 Å². The Kier molecular flexibility index (Phi) is 6.18. The summed E-state index contributed by atoms with van der Waals surface area (Å²) in [6.07, 6.45) is 6.35. The number of carbonyl (C=O) groups excluding carboxylic acids is 2. The topological polar surface area (TPSA) is 122 Å². The molecule has 2 aliphatic rings. The van der Waals surface area contributed by atoms with Crippen LogP contribution in [0.25, 0.3) is 10.9 Å². The van der Waals surface area contributed by atoms with Gasteiger partial charge in [0, 0.05) is 62.4 Å². The summed E-state index contributed by atoms with van der Waals surface area (Å²) in [5.74, 6) is -0.275. The van der Waals surface area contributed by atoms with E-state index in [0.29, 0.717) is 18.8 Å². The van der Waals surface area contributed by atoms with Crippen molar-refractivity contribution in [2.45, 2.75) is 36.5 Å². The molecule has 0 atom stereocenters. The molecule has 0 spiro atoms. The summed E-state index contributed by atoms with van der Waals surface area (Å²) in [5, 5.41) is 1.26. The van der Waals surface area contributed by atoms with Crippen molar-refractivity contribution in [1.29, 1.82) is 0 Å². The maximum Gasteiger partial charge on any atom is 0.265 e. The fraction of sp³-hybridized carbons (Fsp3) is 0.440. The number of sulfonamides is 1. The molecule has 0 bridgehead atoms. The van der Waals surface area contributed by atoms with Gasteiger partial charge in [0.1, 0.15) is 10.6 Å². The second-order valence-electron chi connectivity index (χ2n) is 9.60. The molecule has 4 heterocycles. The summed E-state index contributed by atoms with van der Waals surface area (Å²) in [4.78, 5) is 30.1. The zero-order valence-corrected chi connectivity index (χ0v) is 20.6. The van der Waals surface area contributed by atoms with E-state index in [1.807, 2.05) is 11.0 Å². The van der Waals surface area contributed by atoms with Gasteiger partial charge in [0.2, 0.25) is 15.9 Å². The number of nitrogens with two attached hydrogens (primary N) is 1. The molecule has 2 saturated heterocycles. The van der Waals surface area contributed by atoms with E-state index in [9.17, 15) is 18.0 Å². The molecule has 0 radical (unpaired) electrons. The molecular formula is C25H31N5O4S. The van der Waals surface area contributed by atoms with Crippen molar-refractivity contribution in [3.8, 4) is 0 Å². The number of piperidine rings is 2. The van der Waals surface area contributed by atoms with Gasteiger partial charge in [0.15, 0.2) is 0 Å². The standard InChI is InChI=1S/C25H31N5O4S/c1-28-16-19(14-23(28)24(26)31)35(33,34)30-12-8-18(9-13-30)25(32)29-10-6-17(7-11-29)21-15-27-22-5-3-2-4-20(21)22/h2-5,14-18,27H,6-13H2,1H3,(H2,26,31). The van der Waals surface area contributed by atoms with E-state index >= 15 is 0 Å². The van der Waals surface area contributed by atoms with Gasteiger partial charge in [-0.1, -0.05) is 18.2 Å². The quantitative estimate of drug-likeness (QED) is 0.562. The maximum atomic E-state index is 13.2. The highest BCUT2D eigenvalue weighted by atomic mass is 32.2. The van der Waals surface area contributed by atoms with Crippen LogP contribution in [0.1, 0.15) is 47.7 Å². The van der Waals surface area contributed by atoms with E-state index in [2.05, 4.69) is 29.4 Å². The number of rotatable bonds is 5. The fourth-order valence-corrected chi connectivity index (χ4v) is 7.05. The van der Waals surface area contributed by atoms with Crippen LogP contribution >= 0.6 is 0 Å². The lowest BCUT2D eigenvalue weighted by molar-refractivity contribution is -0.137. The highest BCUT2D eigenvalue weighted by molar-refractivity contribution is 7.89. The molecule has 1 aromatic carbocycles. The predicted molar refractivity (Wildman–Crippen MR) is 132 cm³/mol. The largest absolute Gasteiger partial charge is 0.364 e. The number of aryl methyl sites for hydroxylation is 1. The van der Waals surface area contributed by atoms with Crippen molar-refractivity contribution in [2.75, 3.05) is 26.2 Å². The maximum absolute atomic E-state index is 13.2. The number of carbonyl (C=O) groups is 2. The lowest BCUT2D eigenvalue weighted by atomic mass is 9.88. The molecule has 9 nitrogen and oxygen atoms in total. The van der Waals surface area contributed by atoms with Crippen LogP contribution in [0.4, 0.5) is 0 Å². The summed E-state index contributed by atoms with van der Waals surface area (Å²) in [7, 11) is -2.16. The van der Waals surface area contributed by atoms with Gasteiger partial charge in [0.25, 0.3) is 5.91 Å². The van der Waals surface area contributed by atoms with Crippen molar-refractivity contribution in [3.63, 3.8) is 0 Å². The SMILES string of the molecule is Cn1cc(S(=O)(=O)N2CCC(C(=O)N3CCC(c4c[nH]c5ccccc45)CC3)CC2)cc1C(N)=O. The second kappa shape index (κ2) is 9.16. The molecule has 3 aromatic rings. The van der Waals surface area contributed by atoms with Crippen LogP contribution in [0.3, 0.4) is 0 Å². The van der Waals surface area contributed by atoms with E-state index in [1.54, 1.807) is 7.05 Å². The Morgan fingerprint density at radius 2 is 1.71 bits per heavy atom. The Hall–Kier alpha value is -3.11. The first-order valence-corrected chi connectivity index (χ1v) is 13.5. The Bertz CT molecular complexity index is 1360. The molecule has 0 saturated carbocycles. The Balaban J connectivity index is 1.18. The number of amides is 2. The molecule has 2 amide bonds. The van der Waals surface area contributed by atoms with Crippen molar-refractivity contribution < 1.29 is 18.0 Å². The number of benzene rings is 1. The number of para-hydroxylation sites is 1. The average Bonchev–Trinajstić information content (AvgIpc) is 3.48. The van der Waals surface area contributed by atoms with Gasteiger partial charge in [-0.25, -0.2) is 8.42 Å². The monoisotopic (exact) mass is 497 g/mol. The van der Waals surface area contributed by atoms with Crippen molar-refractivity contribution >= 4 is 32.7 Å². The van der Waals surface area contributed by atoms with Crippen molar-refractivity contribution in [2.24, 2.45) is 18.7 Å². The van der Waals surface area contributed by atoms with Crippen LogP contribution in [0.5, 0.6) is 0 Å². The number of likely N-dealkylation sites (tertiary alicyclic amines) is 1. The number of nitrogens with one attached hydrogen (secondary N) is 1. The van der Waals surface area contributed by atoms with Crippen LogP contribution in [-0.2, 0) is 21.9 Å². The minimum Gasteiger partial charge on any atom is -0.364 e. The number of hydrogen-bond donors (Lipinski definition) is 2. The van der Waals surface area contributed by atoms with Crippen molar-refractivity contribution in [1.82, 2.24) is 18.8 Å². The van der Waals surface area contributed by atoms with Crippen LogP contribution in [0.2, 0.25) is 0 Å². The summed E-state index contributed by atoms with van der Waals surface area (Å²) in [5.41, 5.74) is 7.93. The first kappa shape index (κ1) is 23.6. The predicted octanol–water partition coefficient (Wildman–Crippen LogP) is 2.41. The number of nitrogens with zero attached hydrogens (tertiary/aromatic N) is 3. The number of H-pyrrole nitrogens is 1. The molecule has 186 valence electrons. The Morgan fingerprint density at radius 3 is 2.37 bits per heavy atom. The van der Waals surface area contributed by atoms with Gasteiger partial charge in [-0.05, 0) is 49.3 Å². The third-order valence-electron chi connectivity index (χ3n) is 7.54. The lowest BCUT2D eigenvalue weighted by Crippen LogP contribution is -2.46. The van der Waals surface area contributed by atoms with E-state index in [-0.39, 0.29) is 35.5 Å². The number of aromatic nitrogens is 2. The van der Waals surface area contributed by atoms with E-state index in [4.69, 9.17) is 5.73 Å². The molecule has 2 aliphatic heterocycles. The van der Waals surface area contributed by atoms with Gasteiger partial charge in [0.05, 0.1) is 0 Å². The first-order chi connectivity index (χ1) is 16.8. The van der Waals surface area contributed by atoms with Gasteiger partial charge in [-0.2, -0.15) is 4.31 Å². The summed E-state index contributed by atoms with van der Waals surface area (Å²) < 4.78 is 28.9. The smallest absolute Gasteiger partial charge is 0.265 e. The third kappa shape index (κ3) is 4.36. The molecule has 3 N–H and O–H groups in total. The molecule has 0 aliphatic carbocycles. The van der Waals surface area contributed by atoms with Crippen LogP contribution in [0, 0.1) is 5.92 Å². The van der Waals surface area contributed by atoms with Crippen LogP contribution in [0.15, 0.2) is 47.6 Å². The average molecular weight is 498 g/mol. The third-order valence-corrected chi connectivity index (χ3v) is 9.40. The summed E-state index contributed by atoms with van der Waals surface area (Å²) in [6, 6.07) is 9.62. The molecular weight excluding hydrogens is 466 g/mol. The minimum absolute atomic E-state index is 0.0536. The van der Waals surface area contributed by atoms with E-state index < -0.39 is 15.9 Å². The van der Waals surface area contributed by atoms with Crippen molar-refractivity contribution in [3.05, 3.63) is 54.0 Å². The fourth-order valence-electron chi connectivity index (χ4n) is 5.51. The first-order valence-electron chi connectivity index (χ1n) is 12.1. The van der Waals surface area contributed by atoms with Gasteiger partial charge in [-0.3, -0.25) is 9.59 Å². The van der Waals surface area contributed by atoms with E-state index in [0.717, 1.165) is 31.4 Å². The lowest BCUT2D eigenvalue weighted by Gasteiger charge is -2.37. The molecule has 35 heavy (non-hydrogen) atoms. The molecule has 2 aromatic heterocycles. The van der Waals surface area contributed by atoms with Crippen LogP contribution < -0.4 is 5.73 Å². The number of primary amides is 1. The zero-order valence-electron chi connectivity index (χ0n) is 19.8. The summed E-state index contributed by atoms with van der Waals surface area (Å²) >= 11 is 0. The number of aromatic amines is 1. The van der Waals surface area contributed by atoms with Gasteiger partial charge in [-0.15, -0.1) is 0 Å².